The van der Waals surface area contributed by atoms with Crippen molar-refractivity contribution in [3.8, 4) is 0 Å². The van der Waals surface area contributed by atoms with Gasteiger partial charge in [-0.25, -0.2) is 0 Å². The molecular formula is C15H30O2. The molecule has 0 heterocycles. The van der Waals surface area contributed by atoms with E-state index in [-0.39, 0.29) is 11.4 Å². The van der Waals surface area contributed by atoms with Crippen molar-refractivity contribution in [3.63, 3.8) is 0 Å². The summed E-state index contributed by atoms with van der Waals surface area (Å²) in [7, 11) is 0. The van der Waals surface area contributed by atoms with Crippen LogP contribution in [0.25, 0.3) is 0 Å². The lowest BCUT2D eigenvalue weighted by Gasteiger charge is -2.42. The number of hydrogen-bond donors (Lipinski definition) is 0. The van der Waals surface area contributed by atoms with Crippen molar-refractivity contribution in [3.05, 3.63) is 0 Å². The highest BCUT2D eigenvalue weighted by atomic mass is 16.5. The van der Waals surface area contributed by atoms with Crippen molar-refractivity contribution < 1.29 is 9.53 Å². The summed E-state index contributed by atoms with van der Waals surface area (Å²) in [6, 6.07) is 0. The van der Waals surface area contributed by atoms with E-state index in [1.165, 1.54) is 0 Å². The molecule has 0 aliphatic heterocycles. The van der Waals surface area contributed by atoms with Crippen LogP contribution in [0.4, 0.5) is 0 Å². The van der Waals surface area contributed by atoms with E-state index in [0.29, 0.717) is 30.3 Å². The molecule has 0 rings (SSSR count). The SMILES string of the molecule is CC(C)COC(=O)C(C(C)C)(C(C)C)C(C)C. The zero-order valence-electron chi connectivity index (χ0n) is 12.8. The number of ether oxygens (including phenoxy) is 1. The molecule has 0 unspecified atom stereocenters. The van der Waals surface area contributed by atoms with Crippen molar-refractivity contribution in [2.75, 3.05) is 6.61 Å². The zero-order chi connectivity index (χ0) is 13.8. The maximum Gasteiger partial charge on any atom is 0.312 e. The summed E-state index contributed by atoms with van der Waals surface area (Å²) < 4.78 is 5.51. The molecule has 0 spiro atoms. The Labute approximate surface area is 107 Å². The maximum absolute atomic E-state index is 12.5. The summed E-state index contributed by atoms with van der Waals surface area (Å²) in [5.41, 5.74) is -0.366. The van der Waals surface area contributed by atoms with Gasteiger partial charge in [-0.1, -0.05) is 55.4 Å². The summed E-state index contributed by atoms with van der Waals surface area (Å²) in [5.74, 6) is 1.25. The standard InChI is InChI=1S/C15H30O2/c1-10(2)9-17-14(16)15(11(3)4,12(5)6)13(7)8/h10-13H,9H2,1-8H3. The maximum atomic E-state index is 12.5. The van der Waals surface area contributed by atoms with Gasteiger partial charge in [-0.2, -0.15) is 0 Å². The highest BCUT2D eigenvalue weighted by Gasteiger charge is 2.48. The molecule has 102 valence electrons. The molecule has 0 aromatic rings. The van der Waals surface area contributed by atoms with Gasteiger partial charge < -0.3 is 4.74 Å². The van der Waals surface area contributed by atoms with E-state index in [1.54, 1.807) is 0 Å². The highest BCUT2D eigenvalue weighted by molar-refractivity contribution is 5.78. The first-order valence-corrected chi connectivity index (χ1v) is 6.84. The molecule has 0 radical (unpaired) electrons. The lowest BCUT2D eigenvalue weighted by atomic mass is 9.62. The van der Waals surface area contributed by atoms with Gasteiger partial charge >= 0.3 is 5.97 Å². The Balaban J connectivity index is 5.09. The van der Waals surface area contributed by atoms with E-state index < -0.39 is 0 Å². The smallest absolute Gasteiger partial charge is 0.312 e. The molecule has 0 fully saturated rings. The molecule has 0 aromatic carbocycles. The van der Waals surface area contributed by atoms with Gasteiger partial charge in [-0.05, 0) is 23.7 Å². The van der Waals surface area contributed by atoms with Crippen molar-refractivity contribution in [1.29, 1.82) is 0 Å². The van der Waals surface area contributed by atoms with Gasteiger partial charge in [0, 0.05) is 0 Å². The van der Waals surface area contributed by atoms with Crippen LogP contribution in [0.2, 0.25) is 0 Å². The molecule has 0 N–H and O–H groups in total. The lowest BCUT2D eigenvalue weighted by molar-refractivity contribution is -0.168. The lowest BCUT2D eigenvalue weighted by Crippen LogP contribution is -2.47. The summed E-state index contributed by atoms with van der Waals surface area (Å²) in [5, 5.41) is 0. The normalized spacial score (nSPS) is 12.9. The third-order valence-corrected chi connectivity index (χ3v) is 3.77. The molecule has 2 nitrogen and oxygen atoms in total. The van der Waals surface area contributed by atoms with Crippen molar-refractivity contribution in [2.45, 2.75) is 55.4 Å². The molecular weight excluding hydrogens is 212 g/mol. The predicted molar refractivity (Wildman–Crippen MR) is 72.7 cm³/mol. The first-order chi connectivity index (χ1) is 7.67. The number of esters is 1. The second kappa shape index (κ2) is 6.42. The van der Waals surface area contributed by atoms with E-state index >= 15 is 0 Å². The Bertz CT molecular complexity index is 218. The Morgan fingerprint density at radius 3 is 1.47 bits per heavy atom. The molecule has 0 aliphatic rings. The van der Waals surface area contributed by atoms with E-state index in [1.807, 2.05) is 0 Å². The zero-order valence-corrected chi connectivity index (χ0v) is 12.8. The Morgan fingerprint density at radius 2 is 1.24 bits per heavy atom. The molecule has 0 bridgehead atoms. The van der Waals surface area contributed by atoms with Gasteiger partial charge in [-0.15, -0.1) is 0 Å². The van der Waals surface area contributed by atoms with Crippen LogP contribution in [0, 0.1) is 29.1 Å². The molecule has 0 saturated heterocycles. The second-order valence-electron chi connectivity index (χ2n) is 6.39. The number of rotatable bonds is 6. The minimum absolute atomic E-state index is 0.0220. The fraction of sp³-hybridized carbons (Fsp3) is 0.933. The van der Waals surface area contributed by atoms with Crippen LogP contribution < -0.4 is 0 Å². The number of carbonyl (C=O) groups is 1. The third kappa shape index (κ3) is 3.46. The second-order valence-corrected chi connectivity index (χ2v) is 6.39. The summed E-state index contributed by atoms with van der Waals surface area (Å²) in [6.07, 6.45) is 0. The first kappa shape index (κ1) is 16.5. The van der Waals surface area contributed by atoms with E-state index in [9.17, 15) is 4.79 Å². The summed E-state index contributed by atoms with van der Waals surface area (Å²) in [4.78, 5) is 12.5. The van der Waals surface area contributed by atoms with E-state index in [4.69, 9.17) is 4.74 Å². The number of hydrogen-bond acceptors (Lipinski definition) is 2. The fourth-order valence-corrected chi connectivity index (χ4v) is 3.07. The van der Waals surface area contributed by atoms with Gasteiger partial charge in [0.25, 0.3) is 0 Å². The van der Waals surface area contributed by atoms with Gasteiger partial charge in [0.1, 0.15) is 0 Å². The minimum atomic E-state index is -0.366. The molecule has 2 heteroatoms. The average Bonchev–Trinajstić information content (AvgIpc) is 2.13. The van der Waals surface area contributed by atoms with Crippen LogP contribution in [-0.2, 0) is 9.53 Å². The van der Waals surface area contributed by atoms with Crippen LogP contribution in [0.3, 0.4) is 0 Å². The van der Waals surface area contributed by atoms with Crippen LogP contribution in [0.1, 0.15) is 55.4 Å². The Morgan fingerprint density at radius 1 is 0.882 bits per heavy atom. The quantitative estimate of drug-likeness (QED) is 0.654. The highest BCUT2D eigenvalue weighted by Crippen LogP contribution is 2.44. The molecule has 0 aliphatic carbocycles. The third-order valence-electron chi connectivity index (χ3n) is 3.77. The van der Waals surface area contributed by atoms with Gasteiger partial charge in [0.15, 0.2) is 0 Å². The van der Waals surface area contributed by atoms with Crippen LogP contribution in [0.5, 0.6) is 0 Å². The molecule has 0 aromatic heterocycles. The Hall–Kier alpha value is -0.530. The monoisotopic (exact) mass is 242 g/mol. The first-order valence-electron chi connectivity index (χ1n) is 6.84. The largest absolute Gasteiger partial charge is 0.465 e. The van der Waals surface area contributed by atoms with E-state index in [2.05, 4.69) is 55.4 Å². The fourth-order valence-electron chi connectivity index (χ4n) is 3.07. The summed E-state index contributed by atoms with van der Waals surface area (Å²) in [6.45, 7) is 17.4. The molecule has 0 amide bonds. The molecule has 0 atom stereocenters. The number of carbonyl (C=O) groups excluding carboxylic acids is 1. The van der Waals surface area contributed by atoms with Gasteiger partial charge in [0.2, 0.25) is 0 Å². The van der Waals surface area contributed by atoms with Crippen molar-refractivity contribution in [2.24, 2.45) is 29.1 Å². The molecule has 0 saturated carbocycles. The topological polar surface area (TPSA) is 26.3 Å². The van der Waals surface area contributed by atoms with Gasteiger partial charge in [0.05, 0.1) is 12.0 Å². The van der Waals surface area contributed by atoms with Crippen LogP contribution in [0.15, 0.2) is 0 Å². The van der Waals surface area contributed by atoms with Crippen molar-refractivity contribution >= 4 is 5.97 Å². The van der Waals surface area contributed by atoms with Crippen LogP contribution >= 0.6 is 0 Å². The summed E-state index contributed by atoms with van der Waals surface area (Å²) >= 11 is 0. The van der Waals surface area contributed by atoms with E-state index in [0.717, 1.165) is 0 Å². The Kier molecular flexibility index (Phi) is 6.22. The molecule has 17 heavy (non-hydrogen) atoms. The average molecular weight is 242 g/mol. The van der Waals surface area contributed by atoms with Gasteiger partial charge in [-0.3, -0.25) is 4.79 Å². The van der Waals surface area contributed by atoms with Crippen molar-refractivity contribution in [1.82, 2.24) is 0 Å². The minimum Gasteiger partial charge on any atom is -0.465 e. The van der Waals surface area contributed by atoms with Crippen LogP contribution in [-0.4, -0.2) is 12.6 Å². The predicted octanol–water partition coefficient (Wildman–Crippen LogP) is 4.14.